The van der Waals surface area contributed by atoms with Crippen molar-refractivity contribution in [3.05, 3.63) is 34.4 Å². The minimum Gasteiger partial charge on any atom is -0.444 e. The second-order valence-corrected chi connectivity index (χ2v) is 1.89. The molecule has 2 rings (SSSR count). The summed E-state index contributed by atoms with van der Waals surface area (Å²) in [5, 5.41) is 19.3. The zero-order valence-electron chi connectivity index (χ0n) is 6.97. The Morgan fingerprint density at radius 1 is 1.23 bits per heavy atom. The number of hydrogen-bond donors (Lipinski definition) is 1. The summed E-state index contributed by atoms with van der Waals surface area (Å²) in [6.45, 7) is 0. The van der Waals surface area contributed by atoms with E-state index in [1.807, 2.05) is 24.3 Å². The van der Waals surface area contributed by atoms with E-state index in [9.17, 15) is 0 Å². The summed E-state index contributed by atoms with van der Waals surface area (Å²) in [5.41, 5.74) is 1.83. The van der Waals surface area contributed by atoms with Gasteiger partial charge in [0.25, 0.3) is 0 Å². The Bertz CT molecular complexity index is 334. The Hall–Kier alpha value is -0.980. The molecule has 1 N–H and O–H groups in total. The van der Waals surface area contributed by atoms with Crippen LogP contribution in [0, 0.1) is 10.1 Å². The third-order valence-electron chi connectivity index (χ3n) is 1.22. The van der Waals surface area contributed by atoms with Gasteiger partial charge < -0.3 is 10.1 Å². The van der Waals surface area contributed by atoms with E-state index in [2.05, 4.69) is 15.4 Å². The Balaban J connectivity index is 0.000000324. The van der Waals surface area contributed by atoms with Crippen LogP contribution in [0.3, 0.4) is 0 Å². The van der Waals surface area contributed by atoms with Crippen molar-refractivity contribution in [2.45, 2.75) is 0 Å². The average molecular weight is 188 g/mol. The first kappa shape index (κ1) is 12.0. The summed E-state index contributed by atoms with van der Waals surface area (Å²) in [7, 11) is 0. The van der Waals surface area contributed by atoms with E-state index in [0.29, 0.717) is 0 Å². The number of benzene rings is 1. The number of nitrogens with one attached hydrogen (secondary N) is 1. The molecule has 0 spiro atoms. The maximum Gasteiger partial charge on any atom is 1.00 e. The van der Waals surface area contributed by atoms with E-state index in [4.69, 9.17) is 10.1 Å². The smallest absolute Gasteiger partial charge is 0.444 e. The first-order valence-electron chi connectivity index (χ1n) is 3.09. The monoisotopic (exact) mass is 188 g/mol. The number of H-pyrrole nitrogens is 1. The molecule has 0 radical (unpaired) electrons. The van der Waals surface area contributed by atoms with Crippen LogP contribution in [0.4, 0.5) is 0 Å². The SMILES string of the molecule is O=N[O-].[Na+].c1ccc2n[nH]nc2c1. The van der Waals surface area contributed by atoms with Crippen LogP contribution in [-0.4, -0.2) is 15.4 Å². The largest absolute Gasteiger partial charge is 1.00 e. The van der Waals surface area contributed by atoms with Crippen molar-refractivity contribution in [3.63, 3.8) is 0 Å². The fourth-order valence-corrected chi connectivity index (χ4v) is 0.786. The molecular formula is C6H5N4NaO2. The second kappa shape index (κ2) is 6.53. The number of para-hydroxylation sites is 2. The molecule has 0 aliphatic carbocycles. The third-order valence-corrected chi connectivity index (χ3v) is 1.22. The molecule has 13 heavy (non-hydrogen) atoms. The summed E-state index contributed by atoms with van der Waals surface area (Å²) >= 11 is 0. The molecule has 6 nitrogen and oxygen atoms in total. The fourth-order valence-electron chi connectivity index (χ4n) is 0.786. The molecule has 0 aliphatic heterocycles. The molecule has 0 saturated carbocycles. The molecule has 0 atom stereocenters. The number of rotatable bonds is 0. The van der Waals surface area contributed by atoms with Gasteiger partial charge in [0.05, 0.1) is 0 Å². The van der Waals surface area contributed by atoms with Gasteiger partial charge in [0.1, 0.15) is 11.0 Å². The van der Waals surface area contributed by atoms with Gasteiger partial charge in [-0.15, -0.1) is 5.34 Å². The van der Waals surface area contributed by atoms with E-state index in [-0.39, 0.29) is 29.6 Å². The fraction of sp³-hybridized carbons (Fsp3) is 0. The molecule has 2 aromatic rings. The topological polar surface area (TPSA) is 94.1 Å². The van der Waals surface area contributed by atoms with E-state index in [1.54, 1.807) is 0 Å². The van der Waals surface area contributed by atoms with Crippen LogP contribution in [0.15, 0.2) is 29.6 Å². The maximum absolute atomic E-state index is 8.00. The van der Waals surface area contributed by atoms with Crippen LogP contribution in [0.25, 0.3) is 11.0 Å². The quantitative estimate of drug-likeness (QED) is 0.300. The zero-order valence-corrected chi connectivity index (χ0v) is 8.97. The van der Waals surface area contributed by atoms with E-state index < -0.39 is 0 Å². The Morgan fingerprint density at radius 2 is 1.62 bits per heavy atom. The molecule has 0 amide bonds. The molecule has 0 fully saturated rings. The number of nitrogens with zero attached hydrogens (tertiary/aromatic N) is 3. The van der Waals surface area contributed by atoms with Crippen molar-refractivity contribution >= 4 is 11.0 Å². The van der Waals surface area contributed by atoms with Gasteiger partial charge in [0.15, 0.2) is 0 Å². The Labute approximate surface area is 95.6 Å². The van der Waals surface area contributed by atoms with Crippen molar-refractivity contribution in [2.75, 3.05) is 0 Å². The average Bonchev–Trinajstić information content (AvgIpc) is 2.52. The minimum atomic E-state index is 0. The maximum atomic E-state index is 8.00. The summed E-state index contributed by atoms with van der Waals surface area (Å²) in [4.78, 5) is 8.00. The molecular weight excluding hydrogens is 183 g/mol. The minimum absolute atomic E-state index is 0. The molecule has 62 valence electrons. The molecule has 0 aliphatic rings. The van der Waals surface area contributed by atoms with E-state index in [1.165, 1.54) is 0 Å². The summed E-state index contributed by atoms with van der Waals surface area (Å²) in [6.07, 6.45) is 0. The number of aromatic nitrogens is 3. The van der Waals surface area contributed by atoms with Crippen LogP contribution in [0.2, 0.25) is 0 Å². The van der Waals surface area contributed by atoms with Crippen LogP contribution in [0.1, 0.15) is 0 Å². The molecule has 1 aromatic carbocycles. The molecule has 1 heterocycles. The van der Waals surface area contributed by atoms with Gasteiger partial charge >= 0.3 is 29.6 Å². The zero-order chi connectivity index (χ0) is 8.81. The normalized spacial score (nSPS) is 8.00. The van der Waals surface area contributed by atoms with Gasteiger partial charge in [0, 0.05) is 0 Å². The second-order valence-electron chi connectivity index (χ2n) is 1.89. The van der Waals surface area contributed by atoms with Crippen LogP contribution < -0.4 is 29.6 Å². The predicted molar refractivity (Wildman–Crippen MR) is 43.1 cm³/mol. The van der Waals surface area contributed by atoms with Crippen molar-refractivity contribution < 1.29 is 29.6 Å². The Kier molecular flexibility index (Phi) is 6.03. The molecule has 0 unspecified atom stereocenters. The first-order chi connectivity index (χ1) is 5.88. The van der Waals surface area contributed by atoms with Gasteiger partial charge in [-0.1, -0.05) is 12.1 Å². The van der Waals surface area contributed by atoms with Crippen molar-refractivity contribution in [2.24, 2.45) is 5.34 Å². The van der Waals surface area contributed by atoms with E-state index in [0.717, 1.165) is 16.4 Å². The number of fused-ring (bicyclic) bond motifs is 1. The molecule has 7 heteroatoms. The van der Waals surface area contributed by atoms with Crippen molar-refractivity contribution in [3.8, 4) is 0 Å². The van der Waals surface area contributed by atoms with Gasteiger partial charge in [-0.05, 0) is 12.1 Å². The summed E-state index contributed by atoms with van der Waals surface area (Å²) < 4.78 is 0. The van der Waals surface area contributed by atoms with Crippen LogP contribution in [0.5, 0.6) is 0 Å². The van der Waals surface area contributed by atoms with Gasteiger partial charge in [-0.25, -0.2) is 0 Å². The van der Waals surface area contributed by atoms with E-state index >= 15 is 0 Å². The van der Waals surface area contributed by atoms with Crippen molar-refractivity contribution in [1.29, 1.82) is 0 Å². The van der Waals surface area contributed by atoms with Crippen LogP contribution >= 0.6 is 0 Å². The molecule has 1 aromatic heterocycles. The Morgan fingerprint density at radius 3 is 2.00 bits per heavy atom. The summed E-state index contributed by atoms with van der Waals surface area (Å²) in [5.74, 6) is 0. The predicted octanol–water partition coefficient (Wildman–Crippen LogP) is -1.79. The summed E-state index contributed by atoms with van der Waals surface area (Å²) in [6, 6.07) is 7.70. The number of hydrogen-bond acceptors (Lipinski definition) is 5. The van der Waals surface area contributed by atoms with Crippen LogP contribution in [-0.2, 0) is 0 Å². The first-order valence-corrected chi connectivity index (χ1v) is 3.09. The van der Waals surface area contributed by atoms with Gasteiger partial charge in [-0.3, -0.25) is 0 Å². The van der Waals surface area contributed by atoms with Gasteiger partial charge in [0.2, 0.25) is 0 Å². The molecule has 0 bridgehead atoms. The molecule has 0 saturated heterocycles. The number of aromatic amines is 1. The van der Waals surface area contributed by atoms with Crippen molar-refractivity contribution in [1.82, 2.24) is 15.4 Å². The van der Waals surface area contributed by atoms with Gasteiger partial charge in [-0.2, -0.15) is 15.4 Å². The third kappa shape index (κ3) is 3.49. The standard InChI is InChI=1S/C6H5N3.HNO2.Na/c1-2-4-6-5(3-1)7-9-8-6;2-1-3;/h1-4H,(H,7,8,9);(H,2,3);/q;;+1/p-1.